The lowest BCUT2D eigenvalue weighted by molar-refractivity contribution is -0.170. The van der Waals surface area contributed by atoms with Crippen LogP contribution in [0.25, 0.3) is 5.69 Å². The molecule has 0 aliphatic rings. The highest BCUT2D eigenvalue weighted by Crippen LogP contribution is 2.25. The third-order valence-electron chi connectivity index (χ3n) is 4.51. The molecule has 3 rings (SSSR count). The Morgan fingerprint density at radius 1 is 1.32 bits per heavy atom. The Labute approximate surface area is 163 Å². The van der Waals surface area contributed by atoms with E-state index in [1.54, 1.807) is 25.6 Å². The van der Waals surface area contributed by atoms with Gasteiger partial charge in [-0.25, -0.2) is 14.2 Å². The first kappa shape index (κ1) is 19.9. The number of aromatic nitrogens is 3. The lowest BCUT2D eigenvalue weighted by Gasteiger charge is -2.08. The van der Waals surface area contributed by atoms with Crippen molar-refractivity contribution >= 4 is 20.9 Å². The van der Waals surface area contributed by atoms with Gasteiger partial charge in [0.25, 0.3) is 5.56 Å². The van der Waals surface area contributed by atoms with Crippen molar-refractivity contribution in [3.05, 3.63) is 69.4 Å². The number of rotatable bonds is 6. The van der Waals surface area contributed by atoms with E-state index in [1.165, 1.54) is 17.1 Å². The molecule has 9 heteroatoms. The molecule has 0 saturated heterocycles. The molecule has 1 N–H and O–H groups in total. The second-order valence-corrected chi connectivity index (χ2v) is 6.73. The standard InChI is InChI=1S/C19H21N4O4P/c1-12-18(24)16(14(9-20-12)11-27-28-26)10-21-17-13(2)22(3)23(19(17)25)15-7-5-4-6-8-15/h4-10,24H,11,28H2,1-3H3. The lowest BCUT2D eigenvalue weighted by atomic mass is 10.1. The van der Waals surface area contributed by atoms with Crippen LogP contribution in [0.4, 0.5) is 5.69 Å². The molecule has 146 valence electrons. The van der Waals surface area contributed by atoms with Gasteiger partial charge in [-0.05, 0) is 26.0 Å². The van der Waals surface area contributed by atoms with Crippen molar-refractivity contribution in [1.82, 2.24) is 14.3 Å². The molecule has 0 saturated carbocycles. The van der Waals surface area contributed by atoms with Crippen molar-refractivity contribution < 1.29 is 14.5 Å². The Morgan fingerprint density at radius 2 is 2.04 bits per heavy atom. The Morgan fingerprint density at radius 3 is 2.71 bits per heavy atom. The largest absolute Gasteiger partial charge is 0.659 e. The van der Waals surface area contributed by atoms with Crippen LogP contribution in [-0.4, -0.2) is 25.7 Å². The van der Waals surface area contributed by atoms with Crippen LogP contribution in [0.1, 0.15) is 22.5 Å². The summed E-state index contributed by atoms with van der Waals surface area (Å²) in [7, 11) is 0.401. The molecule has 8 nitrogen and oxygen atoms in total. The van der Waals surface area contributed by atoms with E-state index in [-0.39, 0.29) is 23.6 Å². The second kappa shape index (κ2) is 8.48. The molecule has 0 bridgehead atoms. The number of aliphatic imine (C=N–C) groups is 1. The fourth-order valence-corrected chi connectivity index (χ4v) is 3.11. The maximum atomic E-state index is 12.9. The Hall–Kier alpha value is -2.80. The zero-order valence-corrected chi connectivity index (χ0v) is 16.9. The minimum Gasteiger partial charge on any atom is -0.659 e. The van der Waals surface area contributed by atoms with E-state index in [0.29, 0.717) is 22.5 Å². The molecule has 0 aliphatic heterocycles. The van der Waals surface area contributed by atoms with Crippen LogP contribution in [0, 0.1) is 13.8 Å². The first-order valence-electron chi connectivity index (χ1n) is 8.56. The van der Waals surface area contributed by atoms with Crippen LogP contribution in [-0.2, 0) is 18.2 Å². The summed E-state index contributed by atoms with van der Waals surface area (Å²) in [6.07, 6.45) is 2.95. The van der Waals surface area contributed by atoms with Gasteiger partial charge in [-0.1, -0.05) is 18.2 Å². The van der Waals surface area contributed by atoms with Crippen LogP contribution >= 0.6 is 9.03 Å². The molecule has 28 heavy (non-hydrogen) atoms. The number of hydrogen-bond donors (Lipinski definition) is 1. The molecule has 1 atom stereocenters. The highest BCUT2D eigenvalue weighted by molar-refractivity contribution is 7.23. The number of aryl methyl sites for hydroxylation is 1. The first-order chi connectivity index (χ1) is 13.5. The quantitative estimate of drug-likeness (QED) is 0.502. The van der Waals surface area contributed by atoms with E-state index in [4.69, 9.17) is 4.52 Å². The summed E-state index contributed by atoms with van der Waals surface area (Å²) in [5.74, 6) is -0.0530. The van der Waals surface area contributed by atoms with Gasteiger partial charge in [-0.15, -0.1) is 0 Å². The van der Waals surface area contributed by atoms with Crippen LogP contribution in [0.3, 0.4) is 0 Å². The molecule has 0 radical (unpaired) electrons. The smallest absolute Gasteiger partial charge is 0.297 e. The molecule has 3 aromatic rings. The topological polar surface area (TPSA) is 105 Å². The first-order valence-corrected chi connectivity index (χ1v) is 9.50. The van der Waals surface area contributed by atoms with Gasteiger partial charge in [0.2, 0.25) is 0 Å². The molecule has 2 aromatic heterocycles. The molecule has 0 spiro atoms. The Bertz CT molecular complexity index is 1070. The van der Waals surface area contributed by atoms with Crippen molar-refractivity contribution in [1.29, 1.82) is 0 Å². The third-order valence-corrected chi connectivity index (χ3v) is 4.81. The van der Waals surface area contributed by atoms with Crippen molar-refractivity contribution in [3.8, 4) is 11.4 Å². The van der Waals surface area contributed by atoms with Gasteiger partial charge in [0.05, 0.1) is 26.1 Å². The zero-order chi connectivity index (χ0) is 20.3. The molecular formula is C19H21N4O4P. The normalized spacial score (nSPS) is 11.9. The summed E-state index contributed by atoms with van der Waals surface area (Å²) in [5, 5.41) is 10.4. The van der Waals surface area contributed by atoms with Crippen LogP contribution < -0.4 is 10.5 Å². The Kier molecular flexibility index (Phi) is 6.04. The van der Waals surface area contributed by atoms with E-state index in [1.807, 2.05) is 30.3 Å². The fourth-order valence-electron chi connectivity index (χ4n) is 2.87. The monoisotopic (exact) mass is 400 g/mol. The van der Waals surface area contributed by atoms with Gasteiger partial charge >= 0.3 is 0 Å². The van der Waals surface area contributed by atoms with Crippen molar-refractivity contribution in [2.75, 3.05) is 0 Å². The van der Waals surface area contributed by atoms with Gasteiger partial charge in [-0.2, -0.15) is 0 Å². The summed E-state index contributed by atoms with van der Waals surface area (Å²) in [4.78, 5) is 32.1. The van der Waals surface area contributed by atoms with E-state index >= 15 is 0 Å². The highest BCUT2D eigenvalue weighted by Gasteiger charge is 2.16. The van der Waals surface area contributed by atoms with Crippen LogP contribution in [0.15, 0.2) is 46.3 Å². The molecule has 0 aliphatic carbocycles. The van der Waals surface area contributed by atoms with E-state index in [2.05, 4.69) is 9.98 Å². The van der Waals surface area contributed by atoms with Gasteiger partial charge in [0.15, 0.2) is 5.69 Å². The molecule has 0 amide bonds. The Balaban J connectivity index is 2.07. The SMILES string of the molecule is Cc1ncc(CO[PH2+][O-])c(C=Nc2c(C)n(C)n(-c3ccccc3)c2=O)c1O. The number of nitrogens with zero attached hydrogens (tertiary/aromatic N) is 4. The second-order valence-electron chi connectivity index (χ2n) is 6.21. The van der Waals surface area contributed by atoms with Crippen molar-refractivity contribution in [2.24, 2.45) is 12.0 Å². The predicted octanol–water partition coefficient (Wildman–Crippen LogP) is 1.76. The number of pyridine rings is 1. The minimum absolute atomic E-state index is 0.0308. The van der Waals surface area contributed by atoms with Gasteiger partial charge in [-0.3, -0.25) is 14.5 Å². The third kappa shape index (κ3) is 3.75. The maximum absolute atomic E-state index is 12.9. The minimum atomic E-state index is -1.38. The van der Waals surface area contributed by atoms with E-state index < -0.39 is 9.03 Å². The van der Waals surface area contributed by atoms with E-state index in [9.17, 15) is 14.8 Å². The van der Waals surface area contributed by atoms with Crippen molar-refractivity contribution in [2.45, 2.75) is 20.5 Å². The molecule has 2 heterocycles. The molecule has 1 aromatic carbocycles. The summed E-state index contributed by atoms with van der Waals surface area (Å²) in [5.41, 5.74) is 2.75. The summed E-state index contributed by atoms with van der Waals surface area (Å²) in [6, 6.07) is 9.27. The summed E-state index contributed by atoms with van der Waals surface area (Å²) >= 11 is 0. The van der Waals surface area contributed by atoms with Gasteiger partial charge in [0, 0.05) is 30.6 Å². The average molecular weight is 400 g/mol. The maximum Gasteiger partial charge on any atom is 0.297 e. The summed E-state index contributed by atoms with van der Waals surface area (Å²) in [6.45, 7) is 3.49. The number of para-hydroxylation sites is 1. The molecule has 0 fully saturated rings. The van der Waals surface area contributed by atoms with Gasteiger partial charge in [0.1, 0.15) is 12.4 Å². The number of hydrogen-bond acceptors (Lipinski definition) is 6. The van der Waals surface area contributed by atoms with E-state index in [0.717, 1.165) is 5.69 Å². The van der Waals surface area contributed by atoms with Crippen molar-refractivity contribution in [3.63, 3.8) is 0 Å². The predicted molar refractivity (Wildman–Crippen MR) is 108 cm³/mol. The molecular weight excluding hydrogens is 379 g/mol. The average Bonchev–Trinajstić information content (AvgIpc) is 2.91. The fraction of sp³-hybridized carbons (Fsp3) is 0.211. The lowest BCUT2D eigenvalue weighted by Crippen LogP contribution is -2.19. The van der Waals surface area contributed by atoms with Gasteiger partial charge < -0.3 is 10.00 Å². The van der Waals surface area contributed by atoms with Crippen LogP contribution in [0.5, 0.6) is 5.75 Å². The number of aromatic hydroxyl groups is 1. The molecule has 1 unspecified atom stereocenters. The zero-order valence-electron chi connectivity index (χ0n) is 15.8. The highest BCUT2D eigenvalue weighted by atomic mass is 31.1. The van der Waals surface area contributed by atoms with Crippen LogP contribution in [0.2, 0.25) is 0 Å². The number of benzene rings is 1. The summed E-state index contributed by atoms with van der Waals surface area (Å²) < 4.78 is 8.24.